The van der Waals surface area contributed by atoms with Gasteiger partial charge in [-0.1, -0.05) is 6.58 Å². The Bertz CT molecular complexity index is 1230. The van der Waals surface area contributed by atoms with Crippen LogP contribution in [0.5, 0.6) is 11.5 Å². The zero-order valence-electron chi connectivity index (χ0n) is 23.9. The van der Waals surface area contributed by atoms with Crippen molar-refractivity contribution in [1.29, 1.82) is 0 Å². The number of aromatic nitrogens is 2. The van der Waals surface area contributed by atoms with Gasteiger partial charge in [0.15, 0.2) is 0 Å². The highest BCUT2D eigenvalue weighted by Gasteiger charge is 2.32. The number of primary amides is 1. The maximum absolute atomic E-state index is 13.2. The molecule has 2 fully saturated rings. The van der Waals surface area contributed by atoms with Crippen molar-refractivity contribution in [2.75, 3.05) is 72.0 Å². The van der Waals surface area contributed by atoms with Gasteiger partial charge in [0.1, 0.15) is 28.7 Å². The van der Waals surface area contributed by atoms with E-state index in [1.807, 2.05) is 0 Å². The van der Waals surface area contributed by atoms with E-state index in [1.165, 1.54) is 6.08 Å². The Balaban J connectivity index is 1.55. The number of nitrogens with zero attached hydrogens (tertiary/aromatic N) is 4. The number of amides is 2. The van der Waals surface area contributed by atoms with Gasteiger partial charge in [-0.3, -0.25) is 19.3 Å². The molecular formula is C29H40N6O6. The predicted molar refractivity (Wildman–Crippen MR) is 154 cm³/mol. The maximum Gasteiger partial charge on any atom is 0.254 e. The van der Waals surface area contributed by atoms with Gasteiger partial charge in [-0.25, -0.2) is 4.68 Å². The second-order valence-electron chi connectivity index (χ2n) is 10.3. The third-order valence-corrected chi connectivity index (χ3v) is 7.45. The molecule has 0 bridgehead atoms. The van der Waals surface area contributed by atoms with E-state index >= 15 is 0 Å². The minimum atomic E-state index is -0.658. The number of nitrogens with two attached hydrogens (primary N) is 1. The van der Waals surface area contributed by atoms with E-state index in [9.17, 15) is 14.4 Å². The van der Waals surface area contributed by atoms with Crippen molar-refractivity contribution >= 4 is 23.4 Å². The van der Waals surface area contributed by atoms with Crippen LogP contribution in [-0.4, -0.2) is 104 Å². The smallest absolute Gasteiger partial charge is 0.254 e. The largest absolute Gasteiger partial charge is 0.497 e. The number of benzene rings is 1. The van der Waals surface area contributed by atoms with Gasteiger partial charge in [0.25, 0.3) is 5.91 Å². The third kappa shape index (κ3) is 7.65. The molecule has 0 saturated carbocycles. The highest BCUT2D eigenvalue weighted by Crippen LogP contribution is 2.30. The Morgan fingerprint density at radius 3 is 2.46 bits per heavy atom. The molecule has 0 radical (unpaired) electrons. The number of carbonyl (C=O) groups excluding carboxylic acids is 3. The van der Waals surface area contributed by atoms with E-state index in [2.05, 4.69) is 16.8 Å². The van der Waals surface area contributed by atoms with Gasteiger partial charge >= 0.3 is 0 Å². The number of rotatable bonds is 14. The summed E-state index contributed by atoms with van der Waals surface area (Å²) in [6.07, 6.45) is 2.81. The van der Waals surface area contributed by atoms with Gasteiger partial charge in [-0.15, -0.1) is 0 Å². The lowest BCUT2D eigenvalue weighted by atomic mass is 10.0. The van der Waals surface area contributed by atoms with Gasteiger partial charge in [-0.2, -0.15) is 5.10 Å². The van der Waals surface area contributed by atoms with Crippen molar-refractivity contribution in [3.8, 4) is 11.5 Å². The monoisotopic (exact) mass is 568 g/mol. The molecule has 2 saturated heterocycles. The van der Waals surface area contributed by atoms with Crippen molar-refractivity contribution in [2.45, 2.75) is 31.7 Å². The molecule has 2 aromatic rings. The van der Waals surface area contributed by atoms with Crippen LogP contribution in [0.2, 0.25) is 0 Å². The van der Waals surface area contributed by atoms with Gasteiger partial charge in [0.2, 0.25) is 5.91 Å². The molecule has 0 aliphatic carbocycles. The molecule has 2 amide bonds. The maximum atomic E-state index is 13.2. The Kier molecular flexibility index (Phi) is 10.4. The van der Waals surface area contributed by atoms with E-state index in [4.69, 9.17) is 25.0 Å². The summed E-state index contributed by atoms with van der Waals surface area (Å²) >= 11 is 0. The summed E-state index contributed by atoms with van der Waals surface area (Å²) in [5, 5.41) is 8.13. The van der Waals surface area contributed by atoms with Crippen LogP contribution in [0.15, 0.2) is 30.9 Å². The average Bonchev–Trinajstić information content (AvgIpc) is 3.60. The van der Waals surface area contributed by atoms with Crippen LogP contribution in [-0.2, 0) is 27.2 Å². The average molecular weight is 569 g/mol. The first-order chi connectivity index (χ1) is 19.8. The van der Waals surface area contributed by atoms with E-state index in [0.29, 0.717) is 49.1 Å². The van der Waals surface area contributed by atoms with Crippen LogP contribution >= 0.6 is 0 Å². The SMILES string of the molecule is C=CC(=O)N1CC[C@H](n2nc(CC(=O)Cc3cc(OC)cc(OC)c3)c(C(N)=O)c2NCCCN2CCOCC2)C1. The quantitative estimate of drug-likeness (QED) is 0.256. The molecule has 41 heavy (non-hydrogen) atoms. The van der Waals surface area contributed by atoms with Crippen molar-refractivity contribution in [2.24, 2.45) is 5.73 Å². The zero-order chi connectivity index (χ0) is 29.4. The lowest BCUT2D eigenvalue weighted by molar-refractivity contribution is -0.125. The fraction of sp³-hybridized carbons (Fsp3) is 0.517. The van der Waals surface area contributed by atoms with Crippen molar-refractivity contribution < 1.29 is 28.6 Å². The van der Waals surface area contributed by atoms with Crippen LogP contribution < -0.4 is 20.5 Å². The number of nitrogens with one attached hydrogen (secondary N) is 1. The topological polar surface area (TPSA) is 141 Å². The van der Waals surface area contributed by atoms with E-state index in [0.717, 1.165) is 44.8 Å². The summed E-state index contributed by atoms with van der Waals surface area (Å²) in [5.74, 6) is 0.702. The van der Waals surface area contributed by atoms with Crippen molar-refractivity contribution in [1.82, 2.24) is 19.6 Å². The molecule has 1 atom stereocenters. The first-order valence-electron chi connectivity index (χ1n) is 13.9. The van der Waals surface area contributed by atoms with Gasteiger partial charge in [0, 0.05) is 45.2 Å². The standard InChI is InChI=1S/C29H40N6O6/c1-4-26(37)34-9-6-21(19-34)35-29(31-7-5-8-33-10-12-41-13-11-33)27(28(30)38)25(32-35)17-22(36)14-20-15-23(39-2)18-24(16-20)40-3/h4,15-16,18,21,31H,1,5-14,17,19H2,2-3H3,(H2,30,38)/t21-/m0/s1. The number of methoxy groups -OCH3 is 2. The molecule has 2 aliphatic rings. The number of Topliss-reactive ketones (excluding diaryl/α,β-unsaturated/α-hetero) is 1. The van der Waals surface area contributed by atoms with Crippen LogP contribution in [0, 0.1) is 0 Å². The minimum Gasteiger partial charge on any atom is -0.497 e. The molecule has 4 rings (SSSR count). The number of hydrogen-bond donors (Lipinski definition) is 2. The van der Waals surface area contributed by atoms with Crippen molar-refractivity contribution in [3.63, 3.8) is 0 Å². The fourth-order valence-corrected chi connectivity index (χ4v) is 5.35. The normalized spacial score (nSPS) is 17.3. The molecule has 12 heteroatoms. The van der Waals surface area contributed by atoms with Gasteiger partial charge < -0.3 is 30.2 Å². The Labute approximate surface area is 240 Å². The second kappa shape index (κ2) is 14.1. The number of likely N-dealkylation sites (tertiary alicyclic amines) is 1. The fourth-order valence-electron chi connectivity index (χ4n) is 5.35. The molecule has 1 aromatic carbocycles. The number of morpholine rings is 1. The number of carbonyl (C=O) groups is 3. The van der Waals surface area contributed by atoms with E-state index in [1.54, 1.807) is 42.0 Å². The highest BCUT2D eigenvalue weighted by atomic mass is 16.5. The number of ether oxygens (including phenoxy) is 3. The summed E-state index contributed by atoms with van der Waals surface area (Å²) in [4.78, 5) is 42.3. The Hall–Kier alpha value is -3.90. The molecule has 12 nitrogen and oxygen atoms in total. The Morgan fingerprint density at radius 1 is 1.12 bits per heavy atom. The summed E-state index contributed by atoms with van der Waals surface area (Å²) < 4.78 is 17.8. The summed E-state index contributed by atoms with van der Waals surface area (Å²) in [6.45, 7) is 9.27. The summed E-state index contributed by atoms with van der Waals surface area (Å²) in [6, 6.07) is 5.11. The predicted octanol–water partition coefficient (Wildman–Crippen LogP) is 1.45. The third-order valence-electron chi connectivity index (χ3n) is 7.45. The molecule has 2 aliphatic heterocycles. The van der Waals surface area contributed by atoms with Crippen LogP contribution in [0.3, 0.4) is 0 Å². The van der Waals surface area contributed by atoms with Gasteiger partial charge in [0.05, 0.1) is 45.6 Å². The molecule has 3 N–H and O–H groups in total. The van der Waals surface area contributed by atoms with E-state index in [-0.39, 0.29) is 36.1 Å². The van der Waals surface area contributed by atoms with Crippen molar-refractivity contribution in [3.05, 3.63) is 47.7 Å². The van der Waals surface area contributed by atoms with Crippen LogP contribution in [0.1, 0.15) is 40.5 Å². The summed E-state index contributed by atoms with van der Waals surface area (Å²) in [7, 11) is 3.10. The van der Waals surface area contributed by atoms with Gasteiger partial charge in [-0.05, 0) is 43.2 Å². The molecule has 0 unspecified atom stereocenters. The van der Waals surface area contributed by atoms with Crippen LogP contribution in [0.25, 0.3) is 0 Å². The first kappa shape index (κ1) is 30.1. The zero-order valence-corrected chi connectivity index (χ0v) is 23.9. The number of ketones is 1. The second-order valence-corrected chi connectivity index (χ2v) is 10.3. The van der Waals surface area contributed by atoms with E-state index < -0.39 is 5.91 Å². The molecule has 222 valence electrons. The highest BCUT2D eigenvalue weighted by molar-refractivity contribution is 6.00. The molecular weight excluding hydrogens is 528 g/mol. The first-order valence-corrected chi connectivity index (χ1v) is 13.9. The molecule has 1 aromatic heterocycles. The molecule has 0 spiro atoms. The van der Waals surface area contributed by atoms with Crippen LogP contribution in [0.4, 0.5) is 5.82 Å². The number of hydrogen-bond acceptors (Lipinski definition) is 9. The number of anilines is 1. The Morgan fingerprint density at radius 2 is 1.83 bits per heavy atom. The lowest BCUT2D eigenvalue weighted by Crippen LogP contribution is -2.37. The molecule has 3 heterocycles. The summed E-state index contributed by atoms with van der Waals surface area (Å²) in [5.41, 5.74) is 7.13. The lowest BCUT2D eigenvalue weighted by Gasteiger charge is -2.26. The minimum absolute atomic E-state index is 0.0741.